The Morgan fingerprint density at radius 3 is 2.07 bits per heavy atom. The molecule has 2 aromatic rings. The van der Waals surface area contributed by atoms with Gasteiger partial charge in [-0.25, -0.2) is 21.9 Å². The molecule has 0 saturated heterocycles. The van der Waals surface area contributed by atoms with E-state index in [9.17, 15) is 22.4 Å². The summed E-state index contributed by atoms with van der Waals surface area (Å²) in [7, 11) is 0.767. The second-order valence-corrected chi connectivity index (χ2v) is 8.42. The van der Waals surface area contributed by atoms with Crippen molar-refractivity contribution in [3.05, 3.63) is 65.5 Å². The molecule has 0 unspecified atom stereocenters. The zero-order chi connectivity index (χ0) is 20.9. The van der Waals surface area contributed by atoms with Gasteiger partial charge in [0.25, 0.3) is 5.91 Å². The lowest BCUT2D eigenvalue weighted by Gasteiger charge is -2.17. The SMILES string of the molecule is CN(Cc1ccc(F)cc1)C(=O)COC(=O)c1ccc(S(=O)(=O)N(C)C)cc1. The van der Waals surface area contributed by atoms with Gasteiger partial charge in [0.05, 0.1) is 10.5 Å². The molecule has 0 aromatic heterocycles. The van der Waals surface area contributed by atoms with Crippen molar-refractivity contribution in [2.45, 2.75) is 11.4 Å². The van der Waals surface area contributed by atoms with Crippen LogP contribution in [0.4, 0.5) is 4.39 Å². The molecule has 2 aromatic carbocycles. The summed E-state index contributed by atoms with van der Waals surface area (Å²) in [5, 5.41) is 0. The number of likely N-dealkylation sites (N-methyl/N-ethyl adjacent to an activating group) is 1. The molecule has 7 nitrogen and oxygen atoms in total. The fraction of sp³-hybridized carbons (Fsp3) is 0.263. The Labute approximate surface area is 163 Å². The van der Waals surface area contributed by atoms with E-state index >= 15 is 0 Å². The van der Waals surface area contributed by atoms with Crippen LogP contribution in [0.15, 0.2) is 53.4 Å². The van der Waals surface area contributed by atoms with Crippen molar-refractivity contribution in [2.75, 3.05) is 27.7 Å². The largest absolute Gasteiger partial charge is 0.452 e. The van der Waals surface area contributed by atoms with Crippen molar-refractivity contribution in [3.8, 4) is 0 Å². The minimum absolute atomic E-state index is 0.0455. The van der Waals surface area contributed by atoms with E-state index in [1.807, 2.05) is 0 Å². The van der Waals surface area contributed by atoms with Crippen LogP contribution in [0, 0.1) is 5.82 Å². The van der Waals surface area contributed by atoms with Gasteiger partial charge >= 0.3 is 5.97 Å². The molecular weight excluding hydrogens is 387 g/mol. The lowest BCUT2D eigenvalue weighted by Crippen LogP contribution is -2.30. The van der Waals surface area contributed by atoms with Gasteiger partial charge in [-0.05, 0) is 42.0 Å². The minimum Gasteiger partial charge on any atom is -0.452 e. The number of carbonyl (C=O) groups is 2. The fourth-order valence-electron chi connectivity index (χ4n) is 2.25. The zero-order valence-electron chi connectivity index (χ0n) is 15.8. The topological polar surface area (TPSA) is 84.0 Å². The van der Waals surface area contributed by atoms with Crippen LogP contribution < -0.4 is 0 Å². The van der Waals surface area contributed by atoms with Crippen LogP contribution in [-0.2, 0) is 26.1 Å². The highest BCUT2D eigenvalue weighted by atomic mass is 32.2. The Hall–Kier alpha value is -2.78. The van der Waals surface area contributed by atoms with E-state index < -0.39 is 28.5 Å². The molecular formula is C19H21FN2O5S. The van der Waals surface area contributed by atoms with Crippen LogP contribution in [-0.4, -0.2) is 57.2 Å². The summed E-state index contributed by atoms with van der Waals surface area (Å²) in [6.07, 6.45) is 0. The average molecular weight is 408 g/mol. The number of esters is 1. The normalized spacial score (nSPS) is 11.3. The molecule has 0 bridgehead atoms. The van der Waals surface area contributed by atoms with Gasteiger partial charge in [0, 0.05) is 27.7 Å². The number of nitrogens with zero attached hydrogens (tertiary/aromatic N) is 2. The maximum Gasteiger partial charge on any atom is 0.338 e. The number of rotatable bonds is 7. The molecule has 0 aliphatic carbocycles. The Morgan fingerprint density at radius 2 is 1.54 bits per heavy atom. The molecule has 150 valence electrons. The second kappa shape index (κ2) is 8.94. The van der Waals surface area contributed by atoms with Crippen molar-refractivity contribution < 1.29 is 27.1 Å². The van der Waals surface area contributed by atoms with Crippen molar-refractivity contribution in [1.29, 1.82) is 0 Å². The van der Waals surface area contributed by atoms with E-state index in [0.29, 0.717) is 0 Å². The minimum atomic E-state index is -3.59. The number of sulfonamides is 1. The van der Waals surface area contributed by atoms with Crippen molar-refractivity contribution in [1.82, 2.24) is 9.21 Å². The Kier molecular flexibility index (Phi) is 6.87. The third-order valence-corrected chi connectivity index (χ3v) is 5.78. The standard InChI is InChI=1S/C19H21FN2O5S/c1-21(2)28(25,26)17-10-6-15(7-11-17)19(24)27-13-18(23)22(3)12-14-4-8-16(20)9-5-14/h4-11H,12-13H2,1-3H3. The van der Waals surface area contributed by atoms with Gasteiger partial charge in [-0.15, -0.1) is 0 Å². The molecule has 0 aliphatic rings. The second-order valence-electron chi connectivity index (χ2n) is 6.26. The van der Waals surface area contributed by atoms with Gasteiger partial charge in [0.2, 0.25) is 10.0 Å². The van der Waals surface area contributed by atoms with E-state index in [0.717, 1.165) is 9.87 Å². The number of benzene rings is 2. The first-order valence-corrected chi connectivity index (χ1v) is 9.73. The Morgan fingerprint density at radius 1 is 0.964 bits per heavy atom. The van der Waals surface area contributed by atoms with Crippen LogP contribution in [0.2, 0.25) is 0 Å². The number of halogens is 1. The van der Waals surface area contributed by atoms with E-state index in [1.54, 1.807) is 19.2 Å². The Bertz CT molecular complexity index is 941. The molecule has 0 atom stereocenters. The average Bonchev–Trinajstić information content (AvgIpc) is 2.67. The first-order valence-electron chi connectivity index (χ1n) is 8.29. The highest BCUT2D eigenvalue weighted by Gasteiger charge is 2.18. The van der Waals surface area contributed by atoms with Crippen LogP contribution >= 0.6 is 0 Å². The number of hydrogen-bond acceptors (Lipinski definition) is 5. The molecule has 28 heavy (non-hydrogen) atoms. The van der Waals surface area contributed by atoms with Crippen molar-refractivity contribution in [2.24, 2.45) is 0 Å². The summed E-state index contributed by atoms with van der Waals surface area (Å²) >= 11 is 0. The Balaban J connectivity index is 1.92. The van der Waals surface area contributed by atoms with Crippen LogP contribution in [0.5, 0.6) is 0 Å². The van der Waals surface area contributed by atoms with Gasteiger partial charge in [0.1, 0.15) is 5.82 Å². The molecule has 9 heteroatoms. The smallest absolute Gasteiger partial charge is 0.338 e. The third-order valence-electron chi connectivity index (χ3n) is 3.95. The molecule has 2 rings (SSSR count). The summed E-state index contributed by atoms with van der Waals surface area (Å²) in [6, 6.07) is 11.0. The highest BCUT2D eigenvalue weighted by Crippen LogP contribution is 2.14. The van der Waals surface area contributed by atoms with Gasteiger partial charge < -0.3 is 9.64 Å². The van der Waals surface area contributed by atoms with Gasteiger partial charge in [-0.3, -0.25) is 4.79 Å². The summed E-state index contributed by atoms with van der Waals surface area (Å²) in [4.78, 5) is 25.6. The van der Waals surface area contributed by atoms with Crippen molar-refractivity contribution in [3.63, 3.8) is 0 Å². The van der Waals surface area contributed by atoms with E-state index in [1.165, 1.54) is 55.4 Å². The first kappa shape index (κ1) is 21.5. The summed E-state index contributed by atoms with van der Waals surface area (Å²) in [6.45, 7) is -0.220. The van der Waals surface area contributed by atoms with Crippen LogP contribution in [0.3, 0.4) is 0 Å². The van der Waals surface area contributed by atoms with E-state index in [2.05, 4.69) is 0 Å². The van der Waals surface area contributed by atoms with E-state index in [4.69, 9.17) is 4.74 Å². The third kappa shape index (κ3) is 5.37. The lowest BCUT2D eigenvalue weighted by atomic mass is 10.2. The zero-order valence-corrected chi connectivity index (χ0v) is 16.6. The summed E-state index contributed by atoms with van der Waals surface area (Å²) < 4.78 is 43.0. The van der Waals surface area contributed by atoms with Crippen LogP contribution in [0.1, 0.15) is 15.9 Å². The maximum atomic E-state index is 12.9. The molecule has 0 spiro atoms. The maximum absolute atomic E-state index is 12.9. The van der Waals surface area contributed by atoms with Gasteiger partial charge in [-0.1, -0.05) is 12.1 Å². The van der Waals surface area contributed by atoms with Crippen molar-refractivity contribution >= 4 is 21.9 Å². The molecule has 0 radical (unpaired) electrons. The first-order chi connectivity index (χ1) is 13.1. The summed E-state index contributed by atoms with van der Waals surface area (Å²) in [5.41, 5.74) is 0.868. The quantitative estimate of drug-likeness (QED) is 0.654. The monoisotopic (exact) mass is 408 g/mol. The molecule has 1 amide bonds. The fourth-order valence-corrected chi connectivity index (χ4v) is 3.15. The van der Waals surface area contributed by atoms with Gasteiger partial charge in [-0.2, -0.15) is 0 Å². The predicted octanol–water partition coefficient (Wildman–Crippen LogP) is 1.89. The summed E-state index contributed by atoms with van der Waals surface area (Å²) in [5.74, 6) is -1.53. The molecule has 0 fully saturated rings. The molecule has 0 N–H and O–H groups in total. The number of amides is 1. The number of ether oxygens (including phenoxy) is 1. The number of carbonyl (C=O) groups excluding carboxylic acids is 2. The molecule has 0 aliphatic heterocycles. The van der Waals surface area contributed by atoms with Crippen LogP contribution in [0.25, 0.3) is 0 Å². The molecule has 0 saturated carbocycles. The molecule has 0 heterocycles. The predicted molar refractivity (Wildman–Crippen MR) is 100 cm³/mol. The van der Waals surface area contributed by atoms with Gasteiger partial charge in [0.15, 0.2) is 6.61 Å². The lowest BCUT2D eigenvalue weighted by molar-refractivity contribution is -0.133. The number of hydrogen-bond donors (Lipinski definition) is 0. The highest BCUT2D eigenvalue weighted by molar-refractivity contribution is 7.89. The van der Waals surface area contributed by atoms with E-state index in [-0.39, 0.29) is 22.8 Å².